The third-order valence-electron chi connectivity index (χ3n) is 3.73. The molecule has 0 bridgehead atoms. The molecule has 0 amide bonds. The Balaban J connectivity index is 1.94. The molecule has 0 saturated heterocycles. The molecule has 3 rings (SSSR count). The van der Waals surface area contributed by atoms with Crippen LogP contribution in [0.4, 0.5) is 0 Å². The molecule has 0 N–H and O–H groups in total. The van der Waals surface area contributed by atoms with E-state index < -0.39 is 0 Å². The Bertz CT molecular complexity index is 699. The van der Waals surface area contributed by atoms with Crippen LogP contribution in [0.15, 0.2) is 54.1 Å². The van der Waals surface area contributed by atoms with Gasteiger partial charge in [-0.05, 0) is 23.6 Å². The molecule has 0 unspecified atom stereocenters. The highest BCUT2D eigenvalue weighted by molar-refractivity contribution is 6.41. The van der Waals surface area contributed by atoms with Gasteiger partial charge in [0.25, 0.3) is 0 Å². The van der Waals surface area contributed by atoms with Crippen molar-refractivity contribution in [3.05, 3.63) is 76.4 Å². The number of rotatable bonds is 3. The Kier molecular flexibility index (Phi) is 3.53. The molecule has 2 heteroatoms. The summed E-state index contributed by atoms with van der Waals surface area (Å²) >= 11 is 0. The molecule has 1 aliphatic rings. The van der Waals surface area contributed by atoms with Gasteiger partial charge in [-0.2, -0.15) is 0 Å². The normalized spacial score (nSPS) is 13.5. The fourth-order valence-corrected chi connectivity index (χ4v) is 2.64. The van der Waals surface area contributed by atoms with E-state index in [1.807, 2.05) is 24.3 Å². The van der Waals surface area contributed by atoms with Crippen LogP contribution in [0.5, 0.6) is 0 Å². The molecule has 0 saturated carbocycles. The van der Waals surface area contributed by atoms with E-state index in [4.69, 9.17) is 0 Å². The van der Waals surface area contributed by atoms with Crippen LogP contribution in [0.2, 0.25) is 0 Å². The van der Waals surface area contributed by atoms with Crippen molar-refractivity contribution in [2.45, 2.75) is 19.8 Å². The summed E-state index contributed by atoms with van der Waals surface area (Å²) in [6, 6.07) is 15.0. The van der Waals surface area contributed by atoms with E-state index in [9.17, 15) is 9.59 Å². The lowest BCUT2D eigenvalue weighted by Gasteiger charge is -2.00. The summed E-state index contributed by atoms with van der Waals surface area (Å²) in [4.78, 5) is 24.6. The lowest BCUT2D eigenvalue weighted by Crippen LogP contribution is -2.00. The third-order valence-corrected chi connectivity index (χ3v) is 3.73. The summed E-state index contributed by atoms with van der Waals surface area (Å²) in [6.07, 6.45) is 3.84. The minimum absolute atomic E-state index is 0.173. The number of fused-ring (bicyclic) bond motifs is 1. The Morgan fingerprint density at radius 2 is 1.43 bits per heavy atom. The second-order valence-corrected chi connectivity index (χ2v) is 5.25. The van der Waals surface area contributed by atoms with Gasteiger partial charge in [-0.3, -0.25) is 9.59 Å². The van der Waals surface area contributed by atoms with E-state index in [1.165, 1.54) is 5.56 Å². The summed E-state index contributed by atoms with van der Waals surface area (Å²) < 4.78 is 0. The molecule has 2 aromatic carbocycles. The minimum Gasteiger partial charge on any atom is -0.288 e. The van der Waals surface area contributed by atoms with Crippen molar-refractivity contribution in [3.8, 4) is 0 Å². The molecule has 1 aliphatic carbocycles. The maximum Gasteiger partial charge on any atom is 0.197 e. The molecule has 21 heavy (non-hydrogen) atoms. The number of ketones is 2. The molecule has 0 radical (unpaired) electrons. The standard InChI is InChI=1S/C19H16O2/c1-2-5-13-8-10-14(11-9-13)12-17-18(20)15-6-3-4-7-16(15)19(17)21/h3-4,6-12H,2,5H2,1H3. The fourth-order valence-electron chi connectivity index (χ4n) is 2.64. The van der Waals surface area contributed by atoms with Crippen molar-refractivity contribution < 1.29 is 9.59 Å². The van der Waals surface area contributed by atoms with Gasteiger partial charge in [0.2, 0.25) is 0 Å². The topological polar surface area (TPSA) is 34.1 Å². The van der Waals surface area contributed by atoms with Gasteiger partial charge in [-0.1, -0.05) is 61.9 Å². The second-order valence-electron chi connectivity index (χ2n) is 5.25. The van der Waals surface area contributed by atoms with E-state index in [2.05, 4.69) is 6.92 Å². The van der Waals surface area contributed by atoms with Crippen LogP contribution in [0.25, 0.3) is 6.08 Å². The number of hydrogen-bond acceptors (Lipinski definition) is 2. The number of aryl methyl sites for hydroxylation is 1. The average Bonchev–Trinajstić information content (AvgIpc) is 2.75. The van der Waals surface area contributed by atoms with E-state index in [-0.39, 0.29) is 17.1 Å². The molecule has 0 atom stereocenters. The second kappa shape index (κ2) is 5.49. The van der Waals surface area contributed by atoms with Crippen molar-refractivity contribution >= 4 is 17.6 Å². The van der Waals surface area contributed by atoms with Crippen molar-refractivity contribution in [2.75, 3.05) is 0 Å². The van der Waals surface area contributed by atoms with Crippen LogP contribution >= 0.6 is 0 Å². The number of hydrogen-bond donors (Lipinski definition) is 0. The van der Waals surface area contributed by atoms with Crippen LogP contribution in [0, 0.1) is 0 Å². The largest absolute Gasteiger partial charge is 0.288 e. The third kappa shape index (κ3) is 2.45. The molecule has 0 aromatic heterocycles. The first kappa shape index (κ1) is 13.5. The maximum absolute atomic E-state index is 12.3. The van der Waals surface area contributed by atoms with Crippen molar-refractivity contribution in [1.29, 1.82) is 0 Å². The van der Waals surface area contributed by atoms with Crippen LogP contribution < -0.4 is 0 Å². The zero-order valence-electron chi connectivity index (χ0n) is 11.9. The first-order valence-corrected chi connectivity index (χ1v) is 7.19. The molecule has 104 valence electrons. The highest BCUT2D eigenvalue weighted by atomic mass is 16.2. The van der Waals surface area contributed by atoms with E-state index in [0.717, 1.165) is 18.4 Å². The van der Waals surface area contributed by atoms with Crippen LogP contribution in [-0.2, 0) is 6.42 Å². The molecular weight excluding hydrogens is 260 g/mol. The van der Waals surface area contributed by atoms with E-state index >= 15 is 0 Å². The molecule has 0 spiro atoms. The summed E-state index contributed by atoms with van der Waals surface area (Å²) in [6.45, 7) is 2.14. The summed E-state index contributed by atoms with van der Waals surface area (Å²) in [5.74, 6) is -0.346. The molecule has 0 aliphatic heterocycles. The van der Waals surface area contributed by atoms with Gasteiger partial charge in [0.05, 0.1) is 5.57 Å². The zero-order valence-corrected chi connectivity index (χ0v) is 11.9. The molecule has 2 nitrogen and oxygen atoms in total. The SMILES string of the molecule is CCCc1ccc(C=C2C(=O)c3ccccc3C2=O)cc1. The van der Waals surface area contributed by atoms with Gasteiger partial charge < -0.3 is 0 Å². The Labute approximate surface area is 124 Å². The van der Waals surface area contributed by atoms with Gasteiger partial charge in [-0.25, -0.2) is 0 Å². The van der Waals surface area contributed by atoms with E-state index in [0.29, 0.717) is 11.1 Å². The number of carbonyl (C=O) groups excluding carboxylic acids is 2. The Morgan fingerprint density at radius 1 is 0.857 bits per heavy atom. The van der Waals surface area contributed by atoms with Crippen molar-refractivity contribution in [2.24, 2.45) is 0 Å². The molecule has 0 heterocycles. The van der Waals surface area contributed by atoms with Crippen LogP contribution in [0.3, 0.4) is 0 Å². The van der Waals surface area contributed by atoms with Crippen LogP contribution in [0.1, 0.15) is 45.2 Å². The minimum atomic E-state index is -0.173. The summed E-state index contributed by atoms with van der Waals surface area (Å²) in [5.41, 5.74) is 3.44. The van der Waals surface area contributed by atoms with Crippen LogP contribution in [-0.4, -0.2) is 11.6 Å². The number of benzene rings is 2. The highest BCUT2D eigenvalue weighted by Crippen LogP contribution is 2.27. The molecule has 0 fully saturated rings. The number of carbonyl (C=O) groups is 2. The zero-order chi connectivity index (χ0) is 14.8. The van der Waals surface area contributed by atoms with Crippen molar-refractivity contribution in [3.63, 3.8) is 0 Å². The Morgan fingerprint density at radius 3 is 1.95 bits per heavy atom. The first-order chi connectivity index (χ1) is 10.2. The van der Waals surface area contributed by atoms with Gasteiger partial charge >= 0.3 is 0 Å². The monoisotopic (exact) mass is 276 g/mol. The van der Waals surface area contributed by atoms with E-state index in [1.54, 1.807) is 30.3 Å². The van der Waals surface area contributed by atoms with Gasteiger partial charge in [0.1, 0.15) is 0 Å². The Hall–Kier alpha value is -2.48. The summed E-state index contributed by atoms with van der Waals surface area (Å²) in [5, 5.41) is 0. The number of Topliss-reactive ketones (excluding diaryl/α,β-unsaturated/α-hetero) is 2. The predicted molar refractivity (Wildman–Crippen MR) is 83.5 cm³/mol. The predicted octanol–water partition coefficient (Wildman–Crippen LogP) is 4.10. The average molecular weight is 276 g/mol. The number of allylic oxidation sites excluding steroid dienone is 1. The lowest BCUT2D eigenvalue weighted by molar-refractivity contribution is 0.0990. The van der Waals surface area contributed by atoms with Crippen molar-refractivity contribution in [1.82, 2.24) is 0 Å². The van der Waals surface area contributed by atoms with Gasteiger partial charge in [0.15, 0.2) is 11.6 Å². The summed E-state index contributed by atoms with van der Waals surface area (Å²) in [7, 11) is 0. The molecule has 2 aromatic rings. The maximum atomic E-state index is 12.3. The fraction of sp³-hybridized carbons (Fsp3) is 0.158. The lowest BCUT2D eigenvalue weighted by atomic mass is 10.0. The van der Waals surface area contributed by atoms with Gasteiger partial charge in [-0.15, -0.1) is 0 Å². The quantitative estimate of drug-likeness (QED) is 0.624. The van der Waals surface area contributed by atoms with Gasteiger partial charge in [0, 0.05) is 11.1 Å². The highest BCUT2D eigenvalue weighted by Gasteiger charge is 2.32. The smallest absolute Gasteiger partial charge is 0.197 e. The molecular formula is C19H16O2. The first-order valence-electron chi connectivity index (χ1n) is 7.19.